The van der Waals surface area contributed by atoms with E-state index in [4.69, 9.17) is 5.11 Å². The van der Waals surface area contributed by atoms with Gasteiger partial charge in [-0.05, 0) is 30.9 Å². The van der Waals surface area contributed by atoms with Crippen molar-refractivity contribution in [2.45, 2.75) is 25.8 Å². The minimum Gasteiger partial charge on any atom is -0.481 e. The smallest absolute Gasteiger partial charge is 0.303 e. The third-order valence-electron chi connectivity index (χ3n) is 3.59. The number of piperidine rings is 1. The van der Waals surface area contributed by atoms with Crippen molar-refractivity contribution in [1.29, 1.82) is 0 Å². The van der Waals surface area contributed by atoms with Crippen molar-refractivity contribution < 1.29 is 14.8 Å². The van der Waals surface area contributed by atoms with Gasteiger partial charge in [0.15, 0.2) is 0 Å². The summed E-state index contributed by atoms with van der Waals surface area (Å²) < 4.78 is 0. The van der Waals surface area contributed by atoms with Crippen LogP contribution in [0.1, 0.15) is 24.8 Å². The lowest BCUT2D eigenvalue weighted by molar-refractivity contribution is -0.384. The van der Waals surface area contributed by atoms with E-state index in [-0.39, 0.29) is 18.0 Å². The number of likely N-dealkylation sites (tertiary alicyclic amines) is 1. The van der Waals surface area contributed by atoms with Crippen LogP contribution in [0, 0.1) is 16.0 Å². The Balaban J connectivity index is 1.97. The van der Waals surface area contributed by atoms with Crippen LogP contribution in [0.4, 0.5) is 5.69 Å². The summed E-state index contributed by atoms with van der Waals surface area (Å²) in [4.78, 5) is 23.3. The van der Waals surface area contributed by atoms with Crippen LogP contribution < -0.4 is 0 Å². The van der Waals surface area contributed by atoms with Crippen LogP contribution in [-0.4, -0.2) is 34.0 Å². The molecule has 2 rings (SSSR count). The van der Waals surface area contributed by atoms with Gasteiger partial charge in [0.25, 0.3) is 5.69 Å². The lowest BCUT2D eigenvalue weighted by Gasteiger charge is -2.32. The van der Waals surface area contributed by atoms with Gasteiger partial charge in [-0.2, -0.15) is 0 Å². The quantitative estimate of drug-likeness (QED) is 0.660. The highest BCUT2D eigenvalue weighted by Crippen LogP contribution is 2.22. The minimum atomic E-state index is -0.757. The van der Waals surface area contributed by atoms with E-state index in [1.54, 1.807) is 12.1 Å². The number of aliphatic carboxylic acids is 1. The van der Waals surface area contributed by atoms with Gasteiger partial charge in [0, 0.05) is 31.6 Å². The molecule has 0 aromatic heterocycles. The van der Waals surface area contributed by atoms with Crippen LogP contribution >= 0.6 is 0 Å². The molecule has 1 atom stereocenters. The number of carboxylic acids is 1. The molecule has 1 aliphatic rings. The lowest BCUT2D eigenvalue weighted by Crippen LogP contribution is -2.35. The molecule has 1 saturated heterocycles. The summed E-state index contributed by atoms with van der Waals surface area (Å²) in [6, 6.07) is 6.62. The Morgan fingerprint density at radius 3 is 3.00 bits per heavy atom. The molecule has 1 heterocycles. The number of nitro groups is 1. The summed E-state index contributed by atoms with van der Waals surface area (Å²) in [5.41, 5.74) is 0.997. The second-order valence-electron chi connectivity index (χ2n) is 5.27. The van der Waals surface area contributed by atoms with E-state index in [2.05, 4.69) is 4.90 Å². The SMILES string of the molecule is O=C(O)CC1CCCN(Cc2cccc([N+](=O)[O-])c2)C1. The summed E-state index contributed by atoms with van der Waals surface area (Å²) in [5, 5.41) is 19.6. The van der Waals surface area contributed by atoms with E-state index in [9.17, 15) is 14.9 Å². The molecule has 108 valence electrons. The maximum Gasteiger partial charge on any atom is 0.303 e. The highest BCUT2D eigenvalue weighted by Gasteiger charge is 2.22. The lowest BCUT2D eigenvalue weighted by atomic mass is 9.94. The number of hydrogen-bond donors (Lipinski definition) is 1. The summed E-state index contributed by atoms with van der Waals surface area (Å²) in [6.45, 7) is 2.30. The van der Waals surface area contributed by atoms with Crippen LogP contribution in [0.2, 0.25) is 0 Å². The average Bonchev–Trinajstić information content (AvgIpc) is 2.38. The van der Waals surface area contributed by atoms with Gasteiger partial charge in [0.1, 0.15) is 0 Å². The first-order chi connectivity index (χ1) is 9.54. The second kappa shape index (κ2) is 6.47. The van der Waals surface area contributed by atoms with Crippen molar-refractivity contribution >= 4 is 11.7 Å². The second-order valence-corrected chi connectivity index (χ2v) is 5.27. The Hall–Kier alpha value is -1.95. The molecule has 6 heteroatoms. The molecule has 0 saturated carbocycles. The van der Waals surface area contributed by atoms with Gasteiger partial charge in [0.2, 0.25) is 0 Å². The van der Waals surface area contributed by atoms with Gasteiger partial charge in [-0.25, -0.2) is 0 Å². The van der Waals surface area contributed by atoms with Gasteiger partial charge in [-0.15, -0.1) is 0 Å². The van der Waals surface area contributed by atoms with Crippen LogP contribution in [0.15, 0.2) is 24.3 Å². The maximum absolute atomic E-state index is 10.8. The van der Waals surface area contributed by atoms with E-state index in [0.717, 1.165) is 31.5 Å². The zero-order chi connectivity index (χ0) is 14.5. The Morgan fingerprint density at radius 2 is 2.30 bits per heavy atom. The number of hydrogen-bond acceptors (Lipinski definition) is 4. The largest absolute Gasteiger partial charge is 0.481 e. The van der Waals surface area contributed by atoms with Crippen molar-refractivity contribution in [3.8, 4) is 0 Å². The number of nitrogens with zero attached hydrogens (tertiary/aromatic N) is 2. The molecule has 1 aromatic carbocycles. The summed E-state index contributed by atoms with van der Waals surface area (Å²) in [6.07, 6.45) is 2.12. The molecular weight excluding hydrogens is 260 g/mol. The highest BCUT2D eigenvalue weighted by atomic mass is 16.6. The fourth-order valence-corrected chi connectivity index (χ4v) is 2.74. The number of carbonyl (C=O) groups is 1. The third kappa shape index (κ3) is 4.03. The van der Waals surface area contributed by atoms with Gasteiger partial charge in [0.05, 0.1) is 4.92 Å². The number of nitro benzene ring substituents is 1. The molecule has 1 aromatic rings. The maximum atomic E-state index is 10.8. The van der Waals surface area contributed by atoms with Crippen molar-refractivity contribution in [3.63, 3.8) is 0 Å². The van der Waals surface area contributed by atoms with Gasteiger partial charge in [-0.1, -0.05) is 12.1 Å². The molecule has 20 heavy (non-hydrogen) atoms. The molecular formula is C14H18N2O4. The monoisotopic (exact) mass is 278 g/mol. The number of benzene rings is 1. The molecule has 0 spiro atoms. The van der Waals surface area contributed by atoms with E-state index in [1.807, 2.05) is 6.07 Å². The first-order valence-electron chi connectivity index (χ1n) is 6.72. The zero-order valence-electron chi connectivity index (χ0n) is 11.2. The Morgan fingerprint density at radius 1 is 1.50 bits per heavy atom. The Labute approximate surface area is 117 Å². The molecule has 1 N–H and O–H groups in total. The van der Waals surface area contributed by atoms with Crippen LogP contribution in [0.25, 0.3) is 0 Å². The minimum absolute atomic E-state index is 0.0987. The predicted molar refractivity (Wildman–Crippen MR) is 73.4 cm³/mol. The zero-order valence-corrected chi connectivity index (χ0v) is 11.2. The van der Waals surface area contributed by atoms with E-state index in [1.165, 1.54) is 6.07 Å². The topological polar surface area (TPSA) is 83.7 Å². The summed E-state index contributed by atoms with van der Waals surface area (Å²) in [5.74, 6) is -0.577. The van der Waals surface area contributed by atoms with E-state index in [0.29, 0.717) is 6.54 Å². The fourth-order valence-electron chi connectivity index (χ4n) is 2.74. The van der Waals surface area contributed by atoms with Gasteiger partial charge < -0.3 is 5.11 Å². The molecule has 0 amide bonds. The third-order valence-corrected chi connectivity index (χ3v) is 3.59. The van der Waals surface area contributed by atoms with E-state index >= 15 is 0 Å². The number of carboxylic acid groups (broad SMARTS) is 1. The van der Waals surface area contributed by atoms with Crippen molar-refractivity contribution in [2.75, 3.05) is 13.1 Å². The summed E-state index contributed by atoms with van der Waals surface area (Å²) in [7, 11) is 0. The first-order valence-corrected chi connectivity index (χ1v) is 6.72. The molecule has 1 aliphatic heterocycles. The van der Waals surface area contributed by atoms with Gasteiger partial charge in [-0.3, -0.25) is 19.8 Å². The van der Waals surface area contributed by atoms with E-state index < -0.39 is 10.9 Å². The normalized spacial score (nSPS) is 19.7. The molecule has 6 nitrogen and oxygen atoms in total. The Kier molecular flexibility index (Phi) is 4.68. The number of rotatable bonds is 5. The van der Waals surface area contributed by atoms with Crippen molar-refractivity contribution in [3.05, 3.63) is 39.9 Å². The average molecular weight is 278 g/mol. The van der Waals surface area contributed by atoms with Crippen LogP contribution in [0.3, 0.4) is 0 Å². The van der Waals surface area contributed by atoms with Crippen LogP contribution in [0.5, 0.6) is 0 Å². The molecule has 0 bridgehead atoms. The standard InChI is InChI=1S/C14H18N2O4/c17-14(18)8-12-4-2-6-15(10-12)9-11-3-1-5-13(7-11)16(19)20/h1,3,5,7,12H,2,4,6,8-10H2,(H,17,18). The molecule has 1 fully saturated rings. The predicted octanol–water partition coefficient (Wildman–Crippen LogP) is 2.28. The first kappa shape index (κ1) is 14.5. The molecule has 0 aliphatic carbocycles. The van der Waals surface area contributed by atoms with Crippen molar-refractivity contribution in [2.24, 2.45) is 5.92 Å². The fraction of sp³-hybridized carbons (Fsp3) is 0.500. The van der Waals surface area contributed by atoms with Gasteiger partial charge >= 0.3 is 5.97 Å². The summed E-state index contributed by atoms with van der Waals surface area (Å²) >= 11 is 0. The van der Waals surface area contributed by atoms with Crippen molar-refractivity contribution in [1.82, 2.24) is 4.90 Å². The number of non-ortho nitro benzene ring substituents is 1. The Bertz CT molecular complexity index is 504. The highest BCUT2D eigenvalue weighted by molar-refractivity contribution is 5.67. The van der Waals surface area contributed by atoms with Crippen LogP contribution in [-0.2, 0) is 11.3 Å². The molecule has 0 radical (unpaired) electrons. The molecule has 1 unspecified atom stereocenters.